The van der Waals surface area contributed by atoms with Crippen molar-refractivity contribution in [3.8, 4) is 0 Å². The van der Waals surface area contributed by atoms with Gasteiger partial charge in [-0.25, -0.2) is 0 Å². The van der Waals surface area contributed by atoms with Gasteiger partial charge in [-0.15, -0.1) is 0 Å². The zero-order chi connectivity index (χ0) is 25.5. The Morgan fingerprint density at radius 3 is 0.629 bits per heavy atom. The topological polar surface area (TPSA) is 0 Å². The molecule has 0 saturated heterocycles. The van der Waals surface area contributed by atoms with Gasteiger partial charge in [0.1, 0.15) is 0 Å². The van der Waals surface area contributed by atoms with Crippen molar-refractivity contribution < 1.29 is 0 Å². The lowest BCUT2D eigenvalue weighted by atomic mass is 9.95. The highest BCUT2D eigenvalue weighted by molar-refractivity contribution is 4.56. The summed E-state index contributed by atoms with van der Waals surface area (Å²) in [4.78, 5) is 0. The Labute approximate surface area is 225 Å². The highest BCUT2D eigenvalue weighted by atomic mass is 14.1. The van der Waals surface area contributed by atoms with Crippen LogP contribution in [0.25, 0.3) is 0 Å². The van der Waals surface area contributed by atoms with E-state index in [4.69, 9.17) is 0 Å². The van der Waals surface area contributed by atoms with Crippen LogP contribution in [0.2, 0.25) is 0 Å². The molecule has 0 N–H and O–H groups in total. The molecule has 0 aromatic rings. The zero-order valence-corrected chi connectivity index (χ0v) is 25.5. The predicted octanol–water partition coefficient (Wildman–Crippen LogP) is 13.8. The highest BCUT2D eigenvalue weighted by Gasteiger charge is 2.02. The van der Waals surface area contributed by atoms with E-state index < -0.39 is 0 Å². The van der Waals surface area contributed by atoms with Crippen LogP contribution in [0.4, 0.5) is 0 Å². The summed E-state index contributed by atoms with van der Waals surface area (Å²) in [5.41, 5.74) is 0. The monoisotopic (exact) mass is 493 g/mol. The van der Waals surface area contributed by atoms with Crippen molar-refractivity contribution >= 4 is 0 Å². The van der Waals surface area contributed by atoms with Gasteiger partial charge in [-0.05, 0) is 5.92 Å². The lowest BCUT2D eigenvalue weighted by molar-refractivity contribution is 0.430. The predicted molar refractivity (Wildman–Crippen MR) is 164 cm³/mol. The molecule has 0 spiro atoms. The first-order valence-electron chi connectivity index (χ1n) is 17.3. The van der Waals surface area contributed by atoms with E-state index in [1.54, 1.807) is 0 Å². The second-order valence-corrected chi connectivity index (χ2v) is 12.2. The van der Waals surface area contributed by atoms with E-state index in [9.17, 15) is 0 Å². The van der Waals surface area contributed by atoms with E-state index in [0.29, 0.717) is 0 Å². The molecule has 0 amide bonds. The van der Waals surface area contributed by atoms with Crippen molar-refractivity contribution in [2.24, 2.45) is 5.92 Å². The first-order chi connectivity index (χ1) is 17.3. The van der Waals surface area contributed by atoms with Crippen LogP contribution in [0.15, 0.2) is 0 Å². The molecule has 0 aromatic heterocycles. The van der Waals surface area contributed by atoms with E-state index in [1.165, 1.54) is 199 Å². The molecule has 0 bridgehead atoms. The second kappa shape index (κ2) is 32.0. The van der Waals surface area contributed by atoms with Crippen LogP contribution in [-0.2, 0) is 0 Å². The zero-order valence-electron chi connectivity index (χ0n) is 25.5. The molecule has 0 radical (unpaired) electrons. The van der Waals surface area contributed by atoms with Gasteiger partial charge >= 0.3 is 0 Å². The van der Waals surface area contributed by atoms with Crippen molar-refractivity contribution in [3.05, 3.63) is 0 Å². The first kappa shape index (κ1) is 35.0. The summed E-state index contributed by atoms with van der Waals surface area (Å²) in [6.07, 6.45) is 45.8. The van der Waals surface area contributed by atoms with Crippen LogP contribution >= 0.6 is 0 Å². The molecule has 0 aliphatic heterocycles. The molecule has 35 heavy (non-hydrogen) atoms. The molecule has 0 aliphatic carbocycles. The lowest BCUT2D eigenvalue weighted by Gasteiger charge is -2.11. The summed E-state index contributed by atoms with van der Waals surface area (Å²) in [6, 6.07) is 0. The molecule has 0 saturated carbocycles. The lowest BCUT2D eigenvalue weighted by Crippen LogP contribution is -1.95. The minimum atomic E-state index is 0.968. The van der Waals surface area contributed by atoms with Crippen LogP contribution in [0.3, 0.4) is 0 Å². The molecule has 0 aromatic carbocycles. The van der Waals surface area contributed by atoms with Crippen molar-refractivity contribution in [3.63, 3.8) is 0 Å². The van der Waals surface area contributed by atoms with Gasteiger partial charge in [0, 0.05) is 0 Å². The Hall–Kier alpha value is 0. The molecule has 0 rings (SSSR count). The fourth-order valence-electron chi connectivity index (χ4n) is 5.70. The van der Waals surface area contributed by atoms with Gasteiger partial charge in [-0.1, -0.05) is 220 Å². The van der Waals surface area contributed by atoms with Gasteiger partial charge < -0.3 is 0 Å². The molecule has 0 aliphatic rings. The highest BCUT2D eigenvalue weighted by Crippen LogP contribution is 2.19. The van der Waals surface area contributed by atoms with Gasteiger partial charge in [0.25, 0.3) is 0 Å². The summed E-state index contributed by atoms with van der Waals surface area (Å²) in [5, 5.41) is 0. The van der Waals surface area contributed by atoms with Gasteiger partial charge in [-0.2, -0.15) is 0 Å². The van der Waals surface area contributed by atoms with E-state index in [1.807, 2.05) is 0 Å². The van der Waals surface area contributed by atoms with Crippen molar-refractivity contribution in [1.82, 2.24) is 0 Å². The van der Waals surface area contributed by atoms with Crippen LogP contribution in [-0.4, -0.2) is 0 Å². The summed E-state index contributed by atoms with van der Waals surface area (Å²) in [5.74, 6) is 0.968. The molecule has 0 heterocycles. The molecule has 0 nitrogen and oxygen atoms in total. The molecular formula is C35H72. The minimum Gasteiger partial charge on any atom is -0.0654 e. The van der Waals surface area contributed by atoms with Gasteiger partial charge in [-0.3, -0.25) is 0 Å². The maximum absolute atomic E-state index is 2.50. The third kappa shape index (κ3) is 32.0. The Balaban J connectivity index is 3.10. The molecule has 212 valence electrons. The third-order valence-electron chi connectivity index (χ3n) is 8.35. The standard InChI is InChI=1S/C35H72/c1-4-6-8-10-12-14-15-16-17-18-19-20-21-22-23-24-25-26-28-30-32-34-35(3)33-31-29-27-13-11-9-7-5-2/h35H,4-34H2,1-3H3. The van der Waals surface area contributed by atoms with E-state index in [0.717, 1.165) is 5.92 Å². The smallest absolute Gasteiger partial charge is 0.0443 e. The first-order valence-corrected chi connectivity index (χ1v) is 17.3. The minimum absolute atomic E-state index is 0.968. The fraction of sp³-hybridized carbons (Fsp3) is 1.00. The van der Waals surface area contributed by atoms with Gasteiger partial charge in [0.05, 0.1) is 0 Å². The van der Waals surface area contributed by atoms with Crippen LogP contribution in [0.5, 0.6) is 0 Å². The van der Waals surface area contributed by atoms with Crippen molar-refractivity contribution in [2.45, 2.75) is 220 Å². The number of unbranched alkanes of at least 4 members (excludes halogenated alkanes) is 27. The summed E-state index contributed by atoms with van der Waals surface area (Å²) < 4.78 is 0. The van der Waals surface area contributed by atoms with Crippen molar-refractivity contribution in [2.75, 3.05) is 0 Å². The van der Waals surface area contributed by atoms with E-state index in [2.05, 4.69) is 20.8 Å². The Bertz CT molecular complexity index is 346. The van der Waals surface area contributed by atoms with Crippen molar-refractivity contribution in [1.29, 1.82) is 0 Å². The average Bonchev–Trinajstić information content (AvgIpc) is 2.86. The van der Waals surface area contributed by atoms with Crippen LogP contribution in [0.1, 0.15) is 220 Å². The molecule has 1 unspecified atom stereocenters. The molecule has 0 fully saturated rings. The maximum atomic E-state index is 2.50. The van der Waals surface area contributed by atoms with E-state index in [-0.39, 0.29) is 0 Å². The fourth-order valence-corrected chi connectivity index (χ4v) is 5.70. The van der Waals surface area contributed by atoms with E-state index >= 15 is 0 Å². The van der Waals surface area contributed by atoms with Gasteiger partial charge in [0.2, 0.25) is 0 Å². The Morgan fingerprint density at radius 1 is 0.257 bits per heavy atom. The summed E-state index contributed by atoms with van der Waals surface area (Å²) in [7, 11) is 0. The maximum Gasteiger partial charge on any atom is -0.0443 e. The van der Waals surface area contributed by atoms with Gasteiger partial charge in [0.15, 0.2) is 0 Å². The van der Waals surface area contributed by atoms with Crippen LogP contribution < -0.4 is 0 Å². The second-order valence-electron chi connectivity index (χ2n) is 12.2. The Kier molecular flexibility index (Phi) is 32.0. The summed E-state index contributed by atoms with van der Waals surface area (Å²) >= 11 is 0. The number of hydrogen-bond donors (Lipinski definition) is 0. The normalized spacial score (nSPS) is 12.4. The Morgan fingerprint density at radius 2 is 0.429 bits per heavy atom. The largest absolute Gasteiger partial charge is 0.0654 e. The molecule has 0 heteroatoms. The summed E-state index contributed by atoms with van der Waals surface area (Å²) in [6.45, 7) is 7.11. The quantitative estimate of drug-likeness (QED) is 0.0844. The SMILES string of the molecule is CCCCCCCCCCCCCCCCCCCCCCCC(C)CCCCCCCCCC. The molecular weight excluding hydrogens is 420 g/mol. The number of rotatable bonds is 31. The third-order valence-corrected chi connectivity index (χ3v) is 8.35. The molecule has 1 atom stereocenters. The number of hydrogen-bond acceptors (Lipinski definition) is 0. The average molecular weight is 493 g/mol. The van der Waals surface area contributed by atoms with Crippen LogP contribution in [0, 0.1) is 5.92 Å².